The summed E-state index contributed by atoms with van der Waals surface area (Å²) in [6, 6.07) is 0. The number of ether oxygens (including phenoxy) is 8. The molecule has 4 aliphatic carbocycles. The molecule has 0 aromatic carbocycles. The van der Waals surface area contributed by atoms with E-state index in [4.69, 9.17) is 37.9 Å². The molecule has 0 aromatic heterocycles. The molecule has 0 aromatic rings. The van der Waals surface area contributed by atoms with Crippen LogP contribution in [0.2, 0.25) is 0 Å². The van der Waals surface area contributed by atoms with Gasteiger partial charge in [0.15, 0.2) is 25.2 Å². The zero-order valence-corrected chi connectivity index (χ0v) is 43.8. The summed E-state index contributed by atoms with van der Waals surface area (Å²) in [4.78, 5) is 0. The Bertz CT molecular complexity index is 1890. The lowest BCUT2D eigenvalue weighted by molar-refractivity contribution is -0.378. The van der Waals surface area contributed by atoms with E-state index in [9.17, 15) is 71.5 Å². The predicted molar refractivity (Wildman–Crippen MR) is 256 cm³/mol. The van der Waals surface area contributed by atoms with Crippen LogP contribution < -0.4 is 0 Å². The monoisotopic (exact) mass is 1060 g/mol. The third-order valence-corrected chi connectivity index (χ3v) is 20.0. The second-order valence-corrected chi connectivity index (χ2v) is 24.6. The molecule has 74 heavy (non-hydrogen) atoms. The minimum absolute atomic E-state index is 0.0577. The molecule has 0 radical (unpaired) electrons. The first-order valence-electron chi connectivity index (χ1n) is 26.9. The highest BCUT2D eigenvalue weighted by molar-refractivity contribution is 5.20. The van der Waals surface area contributed by atoms with Crippen LogP contribution in [0.1, 0.15) is 106 Å². The molecule has 0 unspecified atom stereocenters. The number of hydrogen-bond acceptors (Lipinski definition) is 22. The number of aliphatic hydroxyl groups excluding tert-OH is 14. The first kappa shape index (κ1) is 59.0. The van der Waals surface area contributed by atoms with E-state index in [1.165, 1.54) is 0 Å². The summed E-state index contributed by atoms with van der Waals surface area (Å²) < 4.78 is 48.5. The molecule has 22 heteroatoms. The average molecular weight is 1070 g/mol. The Balaban J connectivity index is 0.994. The SMILES string of the molecule is CC(C)=CCC[C@H](O[C@@H]1O[C@H](CO[C@H]2OC[C@H](O)[C@H](O)[C@H]2O)[C@@H](O)[C@H](O)[C@H]1O)[C@H]1CC[C@]2(C)[C@@H]1[C@H](O)C[C@@H]1[C@@]3(C)CC[C@H](O[C@@H]4O[C@H](CO)[C@@H](O)[C@H](O)[C@H]4O[C@@H]4O[C@H](CO)[C@@H](O)[C@H](O)[C@H]4O)C(C)(C)[C@@H]3CC[C@]12C. The number of hydrogen-bond donors (Lipinski definition) is 14. The van der Waals surface area contributed by atoms with Crippen molar-refractivity contribution in [3.05, 3.63) is 11.6 Å². The summed E-state index contributed by atoms with van der Waals surface area (Å²) in [5.74, 6) is -0.291. The Kier molecular flexibility index (Phi) is 18.2. The summed E-state index contributed by atoms with van der Waals surface area (Å²) in [6.07, 6.45) is -22.9. The lowest BCUT2D eigenvalue weighted by atomic mass is 9.35. The van der Waals surface area contributed by atoms with Gasteiger partial charge in [-0.05, 0) is 117 Å². The summed E-state index contributed by atoms with van der Waals surface area (Å²) in [6.45, 7) is 13.2. The number of fused-ring (bicyclic) bond motifs is 5. The van der Waals surface area contributed by atoms with Gasteiger partial charge < -0.3 is 109 Å². The van der Waals surface area contributed by atoms with Gasteiger partial charge in [-0.3, -0.25) is 0 Å². The van der Waals surface area contributed by atoms with E-state index < -0.39 is 160 Å². The van der Waals surface area contributed by atoms with Crippen molar-refractivity contribution in [3.63, 3.8) is 0 Å². The second kappa shape index (κ2) is 22.8. The predicted octanol–water partition coefficient (Wildman–Crippen LogP) is -1.95. The number of allylic oxidation sites excluding steroid dienone is 2. The molecule has 4 heterocycles. The van der Waals surface area contributed by atoms with Crippen molar-refractivity contribution < 1.29 is 109 Å². The van der Waals surface area contributed by atoms with E-state index in [0.29, 0.717) is 38.5 Å². The summed E-state index contributed by atoms with van der Waals surface area (Å²) in [7, 11) is 0. The fraction of sp³-hybridized carbons (Fsp3) is 0.962. The molecular weight excluding hydrogens is 977 g/mol. The van der Waals surface area contributed by atoms with Crippen molar-refractivity contribution in [2.24, 2.45) is 45.3 Å². The standard InChI is InChI=1S/C52H88O22/c1-22(2)9-8-10-26(69-46-42(65)39(62)37(60)29(72-46)21-68-45-41(64)34(57)25(56)20-67-45)23-11-15-52(7)33(23)24(55)17-31-50(5)14-13-32(49(3,4)30(50)12-16-51(31,52)6)73-48-44(40(63)36(59)28(19-54)71-48)74-47-43(66)38(61)35(58)27(18-53)70-47/h9,23-48,53-66H,8,10-21H2,1-7H3/t23-,24-,25+,26+,27-,28-,29-,30+,31-,32+,33+,34+,35-,36-,37-,38+,39+,40+,41-,42-,43-,44-,45-,46-,47+,48+,50+,51-,52-/m1/s1. The Morgan fingerprint density at radius 1 is 0.581 bits per heavy atom. The molecule has 0 amide bonds. The van der Waals surface area contributed by atoms with Crippen molar-refractivity contribution in [1.29, 1.82) is 0 Å². The van der Waals surface area contributed by atoms with E-state index in [2.05, 4.69) is 40.7 Å². The number of aliphatic hydroxyl groups is 14. The molecule has 8 fully saturated rings. The van der Waals surface area contributed by atoms with Crippen LogP contribution in [0.25, 0.3) is 0 Å². The van der Waals surface area contributed by atoms with Gasteiger partial charge in [0, 0.05) is 0 Å². The zero-order valence-electron chi connectivity index (χ0n) is 43.8. The fourth-order valence-electron chi connectivity index (χ4n) is 15.6. The van der Waals surface area contributed by atoms with Gasteiger partial charge >= 0.3 is 0 Å². The van der Waals surface area contributed by atoms with Gasteiger partial charge in [0.1, 0.15) is 91.6 Å². The highest BCUT2D eigenvalue weighted by Gasteiger charge is 2.71. The summed E-state index contributed by atoms with van der Waals surface area (Å²) in [5, 5.41) is 151. The van der Waals surface area contributed by atoms with Crippen LogP contribution in [0.4, 0.5) is 0 Å². The van der Waals surface area contributed by atoms with Crippen LogP contribution in [-0.4, -0.2) is 233 Å². The van der Waals surface area contributed by atoms with Gasteiger partial charge in [0.05, 0.1) is 44.7 Å². The normalized spacial score (nSPS) is 52.9. The summed E-state index contributed by atoms with van der Waals surface area (Å²) in [5.41, 5.74) is -0.372. The van der Waals surface area contributed by atoms with Gasteiger partial charge in [-0.25, -0.2) is 0 Å². The number of rotatable bonds is 15. The average Bonchev–Trinajstić information content (AvgIpc) is 3.73. The summed E-state index contributed by atoms with van der Waals surface area (Å²) >= 11 is 0. The molecule has 428 valence electrons. The van der Waals surface area contributed by atoms with Crippen LogP contribution in [0.15, 0.2) is 11.6 Å². The van der Waals surface area contributed by atoms with Crippen molar-refractivity contribution in [2.45, 2.75) is 241 Å². The first-order valence-corrected chi connectivity index (χ1v) is 26.9. The largest absolute Gasteiger partial charge is 0.394 e. The molecule has 8 rings (SSSR count). The van der Waals surface area contributed by atoms with Crippen molar-refractivity contribution in [2.75, 3.05) is 26.4 Å². The van der Waals surface area contributed by atoms with Gasteiger partial charge in [-0.15, -0.1) is 0 Å². The molecule has 0 spiro atoms. The smallest absolute Gasteiger partial charge is 0.187 e. The fourth-order valence-corrected chi connectivity index (χ4v) is 15.6. The Labute approximate surface area is 433 Å². The zero-order chi connectivity index (χ0) is 54.1. The molecule has 4 saturated carbocycles. The van der Waals surface area contributed by atoms with Gasteiger partial charge in [0.25, 0.3) is 0 Å². The molecular formula is C52H88O22. The van der Waals surface area contributed by atoms with Crippen LogP contribution in [0.5, 0.6) is 0 Å². The van der Waals surface area contributed by atoms with E-state index in [1.54, 1.807) is 0 Å². The Morgan fingerprint density at radius 2 is 1.16 bits per heavy atom. The maximum Gasteiger partial charge on any atom is 0.187 e. The van der Waals surface area contributed by atoms with Crippen molar-refractivity contribution in [1.82, 2.24) is 0 Å². The molecule has 4 saturated heterocycles. The highest BCUT2D eigenvalue weighted by atomic mass is 16.8. The van der Waals surface area contributed by atoms with Crippen molar-refractivity contribution in [3.8, 4) is 0 Å². The topological polar surface area (TPSA) is 357 Å². The minimum atomic E-state index is -1.81. The second-order valence-electron chi connectivity index (χ2n) is 24.6. The third-order valence-electron chi connectivity index (χ3n) is 20.0. The maximum absolute atomic E-state index is 12.7. The van der Waals surface area contributed by atoms with Gasteiger partial charge in [-0.1, -0.05) is 46.3 Å². The van der Waals surface area contributed by atoms with Crippen LogP contribution in [-0.2, 0) is 37.9 Å². The molecule has 22 nitrogen and oxygen atoms in total. The van der Waals surface area contributed by atoms with Crippen LogP contribution in [0.3, 0.4) is 0 Å². The van der Waals surface area contributed by atoms with E-state index in [0.717, 1.165) is 24.8 Å². The maximum atomic E-state index is 12.7. The third kappa shape index (κ3) is 10.5. The van der Waals surface area contributed by atoms with E-state index >= 15 is 0 Å². The minimum Gasteiger partial charge on any atom is -0.394 e. The molecule has 0 bridgehead atoms. The first-order chi connectivity index (χ1) is 34.7. The van der Waals surface area contributed by atoms with Crippen LogP contribution >= 0.6 is 0 Å². The lowest BCUT2D eigenvalue weighted by Crippen LogP contribution is -2.67. The molecule has 8 aliphatic rings. The van der Waals surface area contributed by atoms with E-state index in [1.807, 2.05) is 13.8 Å². The lowest BCUT2D eigenvalue weighted by Gasteiger charge is -2.70. The van der Waals surface area contributed by atoms with Crippen molar-refractivity contribution >= 4 is 0 Å². The highest BCUT2D eigenvalue weighted by Crippen LogP contribution is 2.75. The van der Waals surface area contributed by atoms with Crippen LogP contribution in [0, 0.1) is 45.3 Å². The quantitative estimate of drug-likeness (QED) is 0.0626. The van der Waals surface area contributed by atoms with Gasteiger partial charge in [-0.2, -0.15) is 0 Å². The molecule has 29 atom stereocenters. The Hall–Kier alpha value is -1.14. The van der Waals surface area contributed by atoms with Gasteiger partial charge in [0.2, 0.25) is 0 Å². The van der Waals surface area contributed by atoms with E-state index in [-0.39, 0.29) is 46.5 Å². The molecule has 4 aliphatic heterocycles. The Morgan fingerprint density at radius 3 is 1.81 bits per heavy atom. The molecule has 14 N–H and O–H groups in total.